The summed E-state index contributed by atoms with van der Waals surface area (Å²) in [6.45, 7) is 8.86. The highest BCUT2D eigenvalue weighted by Crippen LogP contribution is 2.33. The summed E-state index contributed by atoms with van der Waals surface area (Å²) in [5, 5.41) is 0. The summed E-state index contributed by atoms with van der Waals surface area (Å²) in [6.07, 6.45) is 4.90. The maximum Gasteiger partial charge on any atom is 0.219 e. The molecule has 0 aromatic carbocycles. The number of nitrogens with zero attached hydrogens (tertiary/aromatic N) is 4. The molecule has 3 heterocycles. The summed E-state index contributed by atoms with van der Waals surface area (Å²) < 4.78 is 5.85. The predicted octanol–water partition coefficient (Wildman–Crippen LogP) is 1.56. The zero-order chi connectivity index (χ0) is 16.3. The van der Waals surface area contributed by atoms with Gasteiger partial charge in [-0.3, -0.25) is 9.69 Å². The zero-order valence-corrected chi connectivity index (χ0v) is 14.1. The summed E-state index contributed by atoms with van der Waals surface area (Å²) in [4.78, 5) is 25.0. The molecule has 0 aliphatic carbocycles. The summed E-state index contributed by atoms with van der Waals surface area (Å²) in [6, 6.07) is 1.98. The van der Waals surface area contributed by atoms with Crippen LogP contribution >= 0.6 is 0 Å². The Kier molecular flexibility index (Phi) is 4.92. The molecule has 126 valence electrons. The van der Waals surface area contributed by atoms with E-state index in [-0.39, 0.29) is 11.5 Å². The molecule has 2 saturated heterocycles. The van der Waals surface area contributed by atoms with Gasteiger partial charge in [-0.05, 0) is 32.3 Å². The number of aromatic nitrogens is 2. The van der Waals surface area contributed by atoms with Gasteiger partial charge >= 0.3 is 0 Å². The topological polar surface area (TPSA) is 58.6 Å². The van der Waals surface area contributed by atoms with Gasteiger partial charge in [0.25, 0.3) is 0 Å². The lowest BCUT2D eigenvalue weighted by Crippen LogP contribution is -2.33. The number of hydrogen-bond acceptors (Lipinski definition) is 5. The number of amides is 1. The molecule has 0 radical (unpaired) electrons. The van der Waals surface area contributed by atoms with Gasteiger partial charge in [0.2, 0.25) is 5.91 Å². The van der Waals surface area contributed by atoms with E-state index in [1.807, 2.05) is 17.2 Å². The van der Waals surface area contributed by atoms with Crippen molar-refractivity contribution in [3.8, 4) is 0 Å². The average Bonchev–Trinajstić information content (AvgIpc) is 2.85. The molecular weight excluding hydrogens is 292 g/mol. The lowest BCUT2D eigenvalue weighted by molar-refractivity contribution is -0.128. The first-order valence-electron chi connectivity index (χ1n) is 8.51. The van der Waals surface area contributed by atoms with Gasteiger partial charge in [0.1, 0.15) is 5.60 Å². The molecule has 6 nitrogen and oxygen atoms in total. The van der Waals surface area contributed by atoms with E-state index in [0.29, 0.717) is 0 Å². The van der Waals surface area contributed by atoms with Crippen molar-refractivity contribution in [2.24, 2.45) is 0 Å². The van der Waals surface area contributed by atoms with E-state index in [4.69, 9.17) is 9.72 Å². The molecule has 2 aliphatic rings. The highest BCUT2D eigenvalue weighted by atomic mass is 16.5. The van der Waals surface area contributed by atoms with Crippen LogP contribution in [0.15, 0.2) is 12.3 Å². The summed E-state index contributed by atoms with van der Waals surface area (Å²) in [7, 11) is 0. The van der Waals surface area contributed by atoms with Crippen LogP contribution in [0.2, 0.25) is 0 Å². The molecule has 2 fully saturated rings. The average molecular weight is 318 g/mol. The molecular formula is C17H26N4O2. The molecule has 2 aliphatic heterocycles. The first-order chi connectivity index (χ1) is 11.1. The van der Waals surface area contributed by atoms with Crippen molar-refractivity contribution in [2.75, 3.05) is 32.8 Å². The van der Waals surface area contributed by atoms with Crippen molar-refractivity contribution < 1.29 is 9.53 Å². The Morgan fingerprint density at radius 2 is 2.17 bits per heavy atom. The fourth-order valence-corrected chi connectivity index (χ4v) is 3.37. The van der Waals surface area contributed by atoms with Gasteiger partial charge in [-0.25, -0.2) is 9.97 Å². The van der Waals surface area contributed by atoms with E-state index in [0.717, 1.165) is 70.1 Å². The fourth-order valence-electron chi connectivity index (χ4n) is 3.37. The molecule has 0 bridgehead atoms. The van der Waals surface area contributed by atoms with Crippen molar-refractivity contribution in [3.63, 3.8) is 0 Å². The molecule has 1 aromatic heterocycles. The highest BCUT2D eigenvalue weighted by Gasteiger charge is 2.34. The minimum atomic E-state index is -0.333. The monoisotopic (exact) mass is 318 g/mol. The predicted molar refractivity (Wildman–Crippen MR) is 86.7 cm³/mol. The molecule has 23 heavy (non-hydrogen) atoms. The lowest BCUT2D eigenvalue weighted by atomic mass is 10.0. The van der Waals surface area contributed by atoms with Crippen molar-refractivity contribution >= 4 is 5.91 Å². The maximum absolute atomic E-state index is 11.5. The third-order valence-electron chi connectivity index (χ3n) is 4.82. The Morgan fingerprint density at radius 3 is 2.91 bits per heavy atom. The summed E-state index contributed by atoms with van der Waals surface area (Å²) >= 11 is 0. The Bertz CT molecular complexity index is 557. The van der Waals surface area contributed by atoms with Crippen LogP contribution in [0.25, 0.3) is 0 Å². The summed E-state index contributed by atoms with van der Waals surface area (Å²) in [5.41, 5.74) is 0.697. The van der Waals surface area contributed by atoms with E-state index in [1.54, 1.807) is 6.92 Å². The molecule has 1 amide bonds. The minimum Gasteiger partial charge on any atom is -0.367 e. The van der Waals surface area contributed by atoms with E-state index in [9.17, 15) is 4.79 Å². The van der Waals surface area contributed by atoms with Crippen molar-refractivity contribution in [3.05, 3.63) is 23.8 Å². The standard InChI is InChI=1S/C17H26N4O2/c1-14(22)21-9-4-8-20(10-11-21)13-15-5-7-18-16(19-15)17(2)6-3-12-23-17/h5,7H,3-4,6,8-13H2,1-2H3/t17-/m1/s1. The summed E-state index contributed by atoms with van der Waals surface area (Å²) in [5.74, 6) is 0.968. The van der Waals surface area contributed by atoms with Crippen LogP contribution in [0.4, 0.5) is 0 Å². The van der Waals surface area contributed by atoms with E-state index < -0.39 is 0 Å². The number of hydrogen-bond donors (Lipinski definition) is 0. The van der Waals surface area contributed by atoms with Crippen LogP contribution in [0, 0.1) is 0 Å². The second-order valence-corrected chi connectivity index (χ2v) is 6.69. The Hall–Kier alpha value is -1.53. The van der Waals surface area contributed by atoms with E-state index in [2.05, 4.69) is 16.8 Å². The largest absolute Gasteiger partial charge is 0.367 e. The quantitative estimate of drug-likeness (QED) is 0.846. The van der Waals surface area contributed by atoms with Gasteiger partial charge in [-0.15, -0.1) is 0 Å². The smallest absolute Gasteiger partial charge is 0.219 e. The third kappa shape index (κ3) is 3.87. The van der Waals surface area contributed by atoms with Crippen LogP contribution in [-0.4, -0.2) is 58.5 Å². The normalized spacial score (nSPS) is 26.3. The molecule has 3 rings (SSSR count). The zero-order valence-electron chi connectivity index (χ0n) is 14.1. The Labute approximate surface area is 137 Å². The molecule has 6 heteroatoms. The van der Waals surface area contributed by atoms with Crippen LogP contribution in [-0.2, 0) is 21.7 Å². The van der Waals surface area contributed by atoms with Gasteiger partial charge in [-0.1, -0.05) is 0 Å². The SMILES string of the molecule is CC(=O)N1CCCN(Cc2ccnc([C@@]3(C)CCCO3)n2)CC1. The second-order valence-electron chi connectivity index (χ2n) is 6.69. The molecule has 0 spiro atoms. The number of carbonyl (C=O) groups excluding carboxylic acids is 1. The van der Waals surface area contributed by atoms with Crippen LogP contribution in [0.1, 0.15) is 44.6 Å². The second kappa shape index (κ2) is 6.93. The van der Waals surface area contributed by atoms with Crippen molar-refractivity contribution in [2.45, 2.75) is 45.3 Å². The first kappa shape index (κ1) is 16.3. The molecule has 0 unspecified atom stereocenters. The van der Waals surface area contributed by atoms with Crippen molar-refractivity contribution in [1.82, 2.24) is 19.8 Å². The lowest BCUT2D eigenvalue weighted by Gasteiger charge is -2.23. The van der Waals surface area contributed by atoms with Gasteiger partial charge in [-0.2, -0.15) is 0 Å². The highest BCUT2D eigenvalue weighted by molar-refractivity contribution is 5.73. The van der Waals surface area contributed by atoms with Gasteiger partial charge in [0.15, 0.2) is 5.82 Å². The first-order valence-corrected chi connectivity index (χ1v) is 8.51. The minimum absolute atomic E-state index is 0.169. The van der Waals surface area contributed by atoms with Crippen LogP contribution in [0.3, 0.4) is 0 Å². The molecule has 0 N–H and O–H groups in total. The number of rotatable bonds is 3. The van der Waals surface area contributed by atoms with Gasteiger partial charge in [0, 0.05) is 52.5 Å². The molecule has 1 aromatic rings. The van der Waals surface area contributed by atoms with E-state index in [1.165, 1.54) is 0 Å². The fraction of sp³-hybridized carbons (Fsp3) is 0.706. The maximum atomic E-state index is 11.5. The van der Waals surface area contributed by atoms with Gasteiger partial charge < -0.3 is 9.64 Å². The Balaban J connectivity index is 1.65. The third-order valence-corrected chi connectivity index (χ3v) is 4.82. The van der Waals surface area contributed by atoms with E-state index >= 15 is 0 Å². The molecule has 1 atom stereocenters. The molecule has 0 saturated carbocycles. The van der Waals surface area contributed by atoms with Crippen LogP contribution in [0.5, 0.6) is 0 Å². The van der Waals surface area contributed by atoms with Gasteiger partial charge in [0.05, 0.1) is 5.69 Å². The van der Waals surface area contributed by atoms with Crippen molar-refractivity contribution in [1.29, 1.82) is 0 Å². The number of ether oxygens (including phenoxy) is 1. The van der Waals surface area contributed by atoms with Crippen LogP contribution < -0.4 is 0 Å². The number of carbonyl (C=O) groups is 1. The Morgan fingerprint density at radius 1 is 1.30 bits per heavy atom.